The van der Waals surface area contributed by atoms with E-state index in [1.54, 1.807) is 0 Å². The van der Waals surface area contributed by atoms with Crippen LogP contribution in [0.3, 0.4) is 0 Å². The number of amides is 1. The molecule has 1 N–H and O–H groups in total. The Labute approximate surface area is 157 Å². The minimum absolute atomic E-state index is 0.0404. The standard InChI is InChI=1S/C20H13F2N3O3/c21-13-6-7-15(16(22)8-13)19-9-14(24-28-19)11-23-20(26)17-10-18(27-25-17)12-4-2-1-3-5-12/h1-10H,11H2,(H,23,26). The summed E-state index contributed by atoms with van der Waals surface area (Å²) < 4.78 is 37.1. The second-order valence-electron chi connectivity index (χ2n) is 5.93. The maximum absolute atomic E-state index is 13.8. The van der Waals surface area contributed by atoms with E-state index in [2.05, 4.69) is 15.6 Å². The Morgan fingerprint density at radius 1 is 0.929 bits per heavy atom. The summed E-state index contributed by atoms with van der Waals surface area (Å²) in [7, 11) is 0. The number of carbonyl (C=O) groups is 1. The summed E-state index contributed by atoms with van der Waals surface area (Å²) in [6, 6.07) is 15.4. The first-order chi connectivity index (χ1) is 13.6. The maximum atomic E-state index is 13.8. The van der Waals surface area contributed by atoms with Crippen molar-refractivity contribution in [1.82, 2.24) is 15.6 Å². The van der Waals surface area contributed by atoms with Crippen molar-refractivity contribution in [3.8, 4) is 22.6 Å². The highest BCUT2D eigenvalue weighted by Gasteiger charge is 2.16. The molecular formula is C20H13F2N3O3. The SMILES string of the molecule is O=C(NCc1cc(-c2ccc(F)cc2F)on1)c1cc(-c2ccccc2)on1. The van der Waals surface area contributed by atoms with Gasteiger partial charge in [-0.3, -0.25) is 4.79 Å². The van der Waals surface area contributed by atoms with Crippen LogP contribution in [0.2, 0.25) is 0 Å². The lowest BCUT2D eigenvalue weighted by Crippen LogP contribution is -2.23. The van der Waals surface area contributed by atoms with E-state index >= 15 is 0 Å². The number of rotatable bonds is 5. The van der Waals surface area contributed by atoms with E-state index < -0.39 is 17.5 Å². The smallest absolute Gasteiger partial charge is 0.273 e. The summed E-state index contributed by atoms with van der Waals surface area (Å²) in [6.45, 7) is 0.0404. The number of carbonyl (C=O) groups excluding carboxylic acids is 1. The summed E-state index contributed by atoms with van der Waals surface area (Å²) in [6.07, 6.45) is 0. The van der Waals surface area contributed by atoms with Crippen molar-refractivity contribution >= 4 is 5.91 Å². The molecule has 28 heavy (non-hydrogen) atoms. The second-order valence-corrected chi connectivity index (χ2v) is 5.93. The molecule has 0 spiro atoms. The molecule has 0 aliphatic carbocycles. The number of benzene rings is 2. The minimum atomic E-state index is -0.761. The Hall–Kier alpha value is -3.81. The first kappa shape index (κ1) is 17.6. The Balaban J connectivity index is 1.42. The van der Waals surface area contributed by atoms with Gasteiger partial charge in [0.1, 0.15) is 17.3 Å². The van der Waals surface area contributed by atoms with Gasteiger partial charge < -0.3 is 14.4 Å². The zero-order valence-electron chi connectivity index (χ0n) is 14.4. The molecule has 0 unspecified atom stereocenters. The van der Waals surface area contributed by atoms with Gasteiger partial charge in [0.2, 0.25) is 0 Å². The molecule has 0 bridgehead atoms. The third kappa shape index (κ3) is 3.66. The highest BCUT2D eigenvalue weighted by molar-refractivity contribution is 5.93. The Morgan fingerprint density at radius 3 is 2.50 bits per heavy atom. The molecule has 0 aliphatic heterocycles. The van der Waals surface area contributed by atoms with Crippen LogP contribution >= 0.6 is 0 Å². The lowest BCUT2D eigenvalue weighted by molar-refractivity contribution is 0.0941. The molecule has 4 rings (SSSR count). The third-order valence-corrected chi connectivity index (χ3v) is 3.99. The average molecular weight is 381 g/mol. The van der Waals surface area contributed by atoms with Crippen LogP contribution in [0, 0.1) is 11.6 Å². The minimum Gasteiger partial charge on any atom is -0.356 e. The number of hydrogen-bond acceptors (Lipinski definition) is 5. The van der Waals surface area contributed by atoms with E-state index in [0.29, 0.717) is 11.5 Å². The van der Waals surface area contributed by atoms with Crippen molar-refractivity contribution in [2.24, 2.45) is 0 Å². The molecule has 140 valence electrons. The molecule has 2 aromatic heterocycles. The normalized spacial score (nSPS) is 10.8. The van der Waals surface area contributed by atoms with Gasteiger partial charge in [-0.15, -0.1) is 0 Å². The summed E-state index contributed by atoms with van der Waals surface area (Å²) in [4.78, 5) is 12.2. The monoisotopic (exact) mass is 381 g/mol. The summed E-state index contributed by atoms with van der Waals surface area (Å²) in [5.74, 6) is -1.29. The first-order valence-corrected chi connectivity index (χ1v) is 8.31. The fourth-order valence-electron chi connectivity index (χ4n) is 2.59. The fourth-order valence-corrected chi connectivity index (χ4v) is 2.59. The van der Waals surface area contributed by atoms with Gasteiger partial charge in [-0.05, 0) is 12.1 Å². The first-order valence-electron chi connectivity index (χ1n) is 8.31. The Morgan fingerprint density at radius 2 is 1.71 bits per heavy atom. The average Bonchev–Trinajstić information content (AvgIpc) is 3.37. The van der Waals surface area contributed by atoms with E-state index in [9.17, 15) is 13.6 Å². The molecule has 0 saturated carbocycles. The molecule has 2 aromatic carbocycles. The van der Waals surface area contributed by atoms with Crippen molar-refractivity contribution in [2.75, 3.05) is 0 Å². The van der Waals surface area contributed by atoms with Crippen LogP contribution in [-0.4, -0.2) is 16.2 Å². The number of aromatic nitrogens is 2. The van der Waals surface area contributed by atoms with Gasteiger partial charge in [-0.1, -0.05) is 40.6 Å². The van der Waals surface area contributed by atoms with Crippen LogP contribution in [0.1, 0.15) is 16.2 Å². The van der Waals surface area contributed by atoms with Crippen molar-refractivity contribution in [2.45, 2.75) is 6.54 Å². The molecule has 8 heteroatoms. The Bertz CT molecular complexity index is 1120. The van der Waals surface area contributed by atoms with E-state index in [1.165, 1.54) is 18.2 Å². The van der Waals surface area contributed by atoms with E-state index in [0.717, 1.165) is 17.7 Å². The van der Waals surface area contributed by atoms with Crippen molar-refractivity contribution in [3.05, 3.63) is 83.7 Å². The predicted molar refractivity (Wildman–Crippen MR) is 95.0 cm³/mol. The molecule has 2 heterocycles. The van der Waals surface area contributed by atoms with Crippen LogP contribution in [0.5, 0.6) is 0 Å². The molecule has 0 saturated heterocycles. The Kier molecular flexibility index (Phi) is 4.67. The molecule has 0 aliphatic rings. The number of halogens is 2. The highest BCUT2D eigenvalue weighted by atomic mass is 19.1. The topological polar surface area (TPSA) is 81.2 Å². The molecule has 0 atom stereocenters. The van der Waals surface area contributed by atoms with Crippen molar-refractivity contribution in [3.63, 3.8) is 0 Å². The van der Waals surface area contributed by atoms with Gasteiger partial charge in [0.05, 0.1) is 12.1 Å². The highest BCUT2D eigenvalue weighted by Crippen LogP contribution is 2.24. The van der Waals surface area contributed by atoms with Crippen molar-refractivity contribution < 1.29 is 22.6 Å². The molecule has 6 nitrogen and oxygen atoms in total. The van der Waals surface area contributed by atoms with E-state index in [-0.39, 0.29) is 23.6 Å². The van der Waals surface area contributed by atoms with Crippen LogP contribution in [0.25, 0.3) is 22.6 Å². The molecule has 0 radical (unpaired) electrons. The molecule has 0 fully saturated rings. The van der Waals surface area contributed by atoms with Gasteiger partial charge in [-0.2, -0.15) is 0 Å². The van der Waals surface area contributed by atoms with Crippen molar-refractivity contribution in [1.29, 1.82) is 0 Å². The second kappa shape index (κ2) is 7.43. The number of nitrogens with one attached hydrogen (secondary N) is 1. The largest absolute Gasteiger partial charge is 0.356 e. The number of nitrogens with zero attached hydrogens (tertiary/aromatic N) is 2. The van der Waals surface area contributed by atoms with Gasteiger partial charge in [-0.25, -0.2) is 8.78 Å². The third-order valence-electron chi connectivity index (χ3n) is 3.99. The van der Waals surface area contributed by atoms with Gasteiger partial charge >= 0.3 is 0 Å². The number of hydrogen-bond donors (Lipinski definition) is 1. The van der Waals surface area contributed by atoms with E-state index in [4.69, 9.17) is 9.05 Å². The van der Waals surface area contributed by atoms with E-state index in [1.807, 2.05) is 30.3 Å². The van der Waals surface area contributed by atoms with Crippen LogP contribution in [0.15, 0.2) is 69.7 Å². The lowest BCUT2D eigenvalue weighted by Gasteiger charge is -1.98. The van der Waals surface area contributed by atoms with Gasteiger partial charge in [0.15, 0.2) is 17.2 Å². The van der Waals surface area contributed by atoms with Gasteiger partial charge in [0.25, 0.3) is 5.91 Å². The lowest BCUT2D eigenvalue weighted by atomic mass is 10.1. The quantitative estimate of drug-likeness (QED) is 0.560. The summed E-state index contributed by atoms with van der Waals surface area (Å²) in [5.41, 5.74) is 1.37. The summed E-state index contributed by atoms with van der Waals surface area (Å²) in [5, 5.41) is 10.2. The van der Waals surface area contributed by atoms with Crippen LogP contribution in [0.4, 0.5) is 8.78 Å². The fraction of sp³-hybridized carbons (Fsp3) is 0.0500. The zero-order chi connectivity index (χ0) is 19.5. The maximum Gasteiger partial charge on any atom is 0.273 e. The molecule has 1 amide bonds. The van der Waals surface area contributed by atoms with Crippen LogP contribution < -0.4 is 5.32 Å². The van der Waals surface area contributed by atoms with Gasteiger partial charge in [0, 0.05) is 23.8 Å². The molecule has 4 aromatic rings. The predicted octanol–water partition coefficient (Wildman–Crippen LogP) is 4.20. The molecular weight excluding hydrogens is 368 g/mol. The zero-order valence-corrected chi connectivity index (χ0v) is 14.4. The summed E-state index contributed by atoms with van der Waals surface area (Å²) >= 11 is 0. The van der Waals surface area contributed by atoms with Crippen LogP contribution in [-0.2, 0) is 6.54 Å².